The Labute approximate surface area is 117 Å². The van der Waals surface area contributed by atoms with Crippen LogP contribution in [0.15, 0.2) is 18.2 Å². The monoisotopic (exact) mass is 279 g/mol. The maximum Gasteiger partial charge on any atom is 0.311 e. The number of benzene rings is 1. The fourth-order valence-corrected chi connectivity index (χ4v) is 1.54. The molecule has 0 radical (unpaired) electrons. The van der Waals surface area contributed by atoms with Crippen molar-refractivity contribution in [3.8, 4) is 11.8 Å². The lowest BCUT2D eigenvalue weighted by Gasteiger charge is -2.10. The highest BCUT2D eigenvalue weighted by molar-refractivity contribution is 5.49. The van der Waals surface area contributed by atoms with Gasteiger partial charge in [-0.1, -0.05) is 6.07 Å². The van der Waals surface area contributed by atoms with E-state index in [1.807, 2.05) is 6.07 Å². The molecule has 0 aliphatic heterocycles. The van der Waals surface area contributed by atoms with Crippen LogP contribution in [-0.4, -0.2) is 31.3 Å². The zero-order valence-corrected chi connectivity index (χ0v) is 11.5. The van der Waals surface area contributed by atoms with E-state index < -0.39 is 11.0 Å². The Morgan fingerprint density at radius 3 is 2.90 bits per heavy atom. The third-order valence-electron chi connectivity index (χ3n) is 2.52. The summed E-state index contributed by atoms with van der Waals surface area (Å²) in [6, 6.07) is 6.56. The predicted octanol–water partition coefficient (Wildman–Crippen LogP) is 1.62. The number of nitro groups is 1. The van der Waals surface area contributed by atoms with Gasteiger partial charge in [0.15, 0.2) is 11.9 Å². The summed E-state index contributed by atoms with van der Waals surface area (Å²) in [7, 11) is 1.61. The van der Waals surface area contributed by atoms with Crippen LogP contribution in [0.25, 0.3) is 0 Å². The van der Waals surface area contributed by atoms with Crippen molar-refractivity contribution in [3.05, 3.63) is 33.9 Å². The van der Waals surface area contributed by atoms with Gasteiger partial charge in [-0.15, -0.1) is 0 Å². The van der Waals surface area contributed by atoms with E-state index in [2.05, 4.69) is 5.32 Å². The summed E-state index contributed by atoms with van der Waals surface area (Å²) in [6.07, 6.45) is -0.737. The maximum absolute atomic E-state index is 11.0. The van der Waals surface area contributed by atoms with Gasteiger partial charge in [-0.2, -0.15) is 5.26 Å². The number of hydrogen-bond acceptors (Lipinski definition) is 6. The Balaban J connectivity index is 2.79. The van der Waals surface area contributed by atoms with Gasteiger partial charge in [0.2, 0.25) is 0 Å². The number of ether oxygens (including phenoxy) is 2. The molecule has 0 fully saturated rings. The van der Waals surface area contributed by atoms with Crippen molar-refractivity contribution in [1.29, 1.82) is 5.26 Å². The molecule has 1 aromatic carbocycles. The Morgan fingerprint density at radius 2 is 2.30 bits per heavy atom. The second-order valence-electron chi connectivity index (χ2n) is 4.12. The summed E-state index contributed by atoms with van der Waals surface area (Å²) in [4.78, 5) is 10.5. The van der Waals surface area contributed by atoms with Crippen molar-refractivity contribution in [2.45, 2.75) is 19.6 Å². The molecule has 0 aromatic heterocycles. The lowest BCUT2D eigenvalue weighted by atomic mass is 10.2. The molecule has 0 saturated heterocycles. The highest BCUT2D eigenvalue weighted by Crippen LogP contribution is 2.28. The molecule has 108 valence electrons. The lowest BCUT2D eigenvalue weighted by molar-refractivity contribution is -0.386. The topological polar surface area (TPSA) is 97.4 Å². The SMILES string of the molecule is COCCNCc1ccc(OC(C)C#N)c([N+](=O)[O-])c1. The molecule has 0 heterocycles. The van der Waals surface area contributed by atoms with E-state index in [1.165, 1.54) is 19.1 Å². The van der Waals surface area contributed by atoms with Gasteiger partial charge < -0.3 is 14.8 Å². The quantitative estimate of drug-likeness (QED) is 0.441. The molecule has 1 aromatic rings. The molecular formula is C13H17N3O4. The van der Waals surface area contributed by atoms with E-state index >= 15 is 0 Å². The third kappa shape index (κ3) is 4.84. The fourth-order valence-electron chi connectivity index (χ4n) is 1.54. The Kier molecular flexibility index (Phi) is 6.43. The molecule has 0 saturated carbocycles. The molecule has 0 bridgehead atoms. The summed E-state index contributed by atoms with van der Waals surface area (Å²) in [5.74, 6) is 0.102. The van der Waals surface area contributed by atoms with E-state index in [-0.39, 0.29) is 11.4 Å². The van der Waals surface area contributed by atoms with Crippen LogP contribution in [-0.2, 0) is 11.3 Å². The molecule has 0 aliphatic rings. The van der Waals surface area contributed by atoms with Gasteiger partial charge in [0, 0.05) is 26.3 Å². The smallest absolute Gasteiger partial charge is 0.311 e. The highest BCUT2D eigenvalue weighted by atomic mass is 16.6. The van der Waals surface area contributed by atoms with Crippen molar-refractivity contribution in [1.82, 2.24) is 5.32 Å². The normalized spacial score (nSPS) is 11.7. The van der Waals surface area contributed by atoms with E-state index in [9.17, 15) is 10.1 Å². The zero-order chi connectivity index (χ0) is 15.0. The molecule has 1 N–H and O–H groups in total. The molecule has 7 nitrogen and oxygen atoms in total. The van der Waals surface area contributed by atoms with Crippen LogP contribution in [0.3, 0.4) is 0 Å². The Bertz CT molecular complexity index is 499. The number of nitriles is 1. The zero-order valence-electron chi connectivity index (χ0n) is 11.5. The summed E-state index contributed by atoms with van der Waals surface area (Å²) < 4.78 is 10.1. The first-order valence-electron chi connectivity index (χ1n) is 6.11. The molecule has 1 atom stereocenters. The van der Waals surface area contributed by atoms with E-state index in [1.54, 1.807) is 13.2 Å². The summed E-state index contributed by atoms with van der Waals surface area (Å²) in [5.41, 5.74) is 0.628. The molecule has 20 heavy (non-hydrogen) atoms. The number of nitrogens with one attached hydrogen (secondary N) is 1. The lowest BCUT2D eigenvalue weighted by Crippen LogP contribution is -2.18. The first kappa shape index (κ1) is 15.9. The molecule has 0 spiro atoms. The minimum atomic E-state index is -0.737. The van der Waals surface area contributed by atoms with Crippen LogP contribution in [0.2, 0.25) is 0 Å². The molecule has 0 amide bonds. The summed E-state index contributed by atoms with van der Waals surface area (Å²) >= 11 is 0. The highest BCUT2D eigenvalue weighted by Gasteiger charge is 2.17. The van der Waals surface area contributed by atoms with Gasteiger partial charge in [-0.25, -0.2) is 0 Å². The molecule has 0 aliphatic carbocycles. The van der Waals surface area contributed by atoms with Gasteiger partial charge in [0.1, 0.15) is 6.07 Å². The van der Waals surface area contributed by atoms with Crippen LogP contribution in [0, 0.1) is 21.4 Å². The van der Waals surface area contributed by atoms with Gasteiger partial charge in [-0.3, -0.25) is 10.1 Å². The molecule has 1 rings (SSSR count). The molecular weight excluding hydrogens is 262 g/mol. The second kappa shape index (κ2) is 8.09. The van der Waals surface area contributed by atoms with Crippen molar-refractivity contribution < 1.29 is 14.4 Å². The van der Waals surface area contributed by atoms with Crippen molar-refractivity contribution >= 4 is 5.69 Å². The fraction of sp³-hybridized carbons (Fsp3) is 0.462. The third-order valence-corrected chi connectivity index (χ3v) is 2.52. The van der Waals surface area contributed by atoms with E-state index in [0.29, 0.717) is 19.7 Å². The maximum atomic E-state index is 11.0. The number of hydrogen-bond donors (Lipinski definition) is 1. The van der Waals surface area contributed by atoms with Crippen LogP contribution in [0.5, 0.6) is 5.75 Å². The van der Waals surface area contributed by atoms with Gasteiger partial charge in [0.25, 0.3) is 0 Å². The first-order valence-corrected chi connectivity index (χ1v) is 6.11. The largest absolute Gasteiger partial charge is 0.469 e. The van der Waals surface area contributed by atoms with Crippen molar-refractivity contribution in [2.24, 2.45) is 0 Å². The van der Waals surface area contributed by atoms with E-state index in [4.69, 9.17) is 14.7 Å². The number of nitro benzene ring substituents is 1. The number of methoxy groups -OCH3 is 1. The standard InChI is InChI=1S/C13H17N3O4/c1-10(8-14)20-13-4-3-11(7-12(13)16(17)18)9-15-5-6-19-2/h3-4,7,10,15H,5-6,9H2,1-2H3. The van der Waals surface area contributed by atoms with Gasteiger partial charge >= 0.3 is 5.69 Å². The van der Waals surface area contributed by atoms with Crippen molar-refractivity contribution in [3.63, 3.8) is 0 Å². The van der Waals surface area contributed by atoms with Crippen LogP contribution in [0.1, 0.15) is 12.5 Å². The van der Waals surface area contributed by atoms with E-state index in [0.717, 1.165) is 5.56 Å². The second-order valence-corrected chi connectivity index (χ2v) is 4.12. The summed E-state index contributed by atoms with van der Waals surface area (Å²) in [5, 5.41) is 22.8. The summed E-state index contributed by atoms with van der Waals surface area (Å²) in [6.45, 7) is 3.26. The number of rotatable bonds is 8. The van der Waals surface area contributed by atoms with Gasteiger partial charge in [0.05, 0.1) is 11.5 Å². The Hall–Kier alpha value is -2.17. The molecule has 7 heteroatoms. The van der Waals surface area contributed by atoms with Crippen LogP contribution in [0.4, 0.5) is 5.69 Å². The van der Waals surface area contributed by atoms with Gasteiger partial charge in [-0.05, 0) is 18.6 Å². The average Bonchev–Trinajstić information content (AvgIpc) is 2.44. The first-order chi connectivity index (χ1) is 9.58. The van der Waals surface area contributed by atoms with Crippen LogP contribution >= 0.6 is 0 Å². The van der Waals surface area contributed by atoms with Crippen LogP contribution < -0.4 is 10.1 Å². The minimum Gasteiger partial charge on any atom is -0.469 e. The molecule has 1 unspecified atom stereocenters. The number of nitrogens with zero attached hydrogens (tertiary/aromatic N) is 2. The predicted molar refractivity (Wildman–Crippen MR) is 72.4 cm³/mol. The minimum absolute atomic E-state index is 0.102. The van der Waals surface area contributed by atoms with Crippen molar-refractivity contribution in [2.75, 3.05) is 20.3 Å². The Morgan fingerprint density at radius 1 is 1.55 bits per heavy atom. The average molecular weight is 279 g/mol.